The number of halogens is 4. The van der Waals surface area contributed by atoms with Gasteiger partial charge in [-0.3, -0.25) is 10.6 Å². The highest BCUT2D eigenvalue weighted by Crippen LogP contribution is 2.49. The number of thioether (sulfide) groups is 1. The van der Waals surface area contributed by atoms with Crippen molar-refractivity contribution >= 4 is 23.4 Å². The molecule has 3 heterocycles. The van der Waals surface area contributed by atoms with E-state index in [4.69, 9.17) is 10.6 Å². The third kappa shape index (κ3) is 4.65. The summed E-state index contributed by atoms with van der Waals surface area (Å²) in [4.78, 5) is 16.4. The van der Waals surface area contributed by atoms with E-state index in [0.29, 0.717) is 18.1 Å². The molecule has 0 unspecified atom stereocenters. The number of hydrazine groups is 1. The SMILES string of the molecule is NN1CSC[C@@H]2[C@@H](CF)OCC[C@@]21c1cc(NC(=O)c2ccc(OC(F)F)cn2)ccc1F. The minimum Gasteiger partial charge on any atom is -0.433 e. The van der Waals surface area contributed by atoms with Gasteiger partial charge in [0.1, 0.15) is 23.9 Å². The molecule has 178 valence electrons. The topological polar surface area (TPSA) is 89.7 Å². The van der Waals surface area contributed by atoms with Crippen LogP contribution in [0.3, 0.4) is 0 Å². The summed E-state index contributed by atoms with van der Waals surface area (Å²) in [6.45, 7) is -3.50. The fraction of sp³-hybridized carbons (Fsp3) is 0.429. The van der Waals surface area contributed by atoms with Crippen LogP contribution in [0.15, 0.2) is 36.5 Å². The molecule has 7 nitrogen and oxygen atoms in total. The zero-order valence-electron chi connectivity index (χ0n) is 17.3. The Morgan fingerprint density at radius 3 is 2.91 bits per heavy atom. The molecule has 0 bridgehead atoms. The summed E-state index contributed by atoms with van der Waals surface area (Å²) >= 11 is 1.52. The standard InChI is InChI=1S/C21H22F4N4O3S/c22-8-18-15-10-33-11-29(26)21(15,5-6-31-18)14-7-12(1-3-16(14)23)28-19(30)17-4-2-13(9-27-17)32-20(24)25/h1-4,7,9,15,18,20H,5-6,8,10-11,26H2,(H,28,30)/t15-,18-,21-/m1/s1. The summed E-state index contributed by atoms with van der Waals surface area (Å²) in [5.74, 6) is 5.61. The molecule has 0 radical (unpaired) electrons. The molecular formula is C21H22F4N4O3S. The first-order valence-electron chi connectivity index (χ1n) is 10.1. The van der Waals surface area contributed by atoms with Crippen LogP contribution in [0.1, 0.15) is 22.5 Å². The molecule has 0 spiro atoms. The molecule has 2 fully saturated rings. The van der Waals surface area contributed by atoms with Crippen LogP contribution < -0.4 is 15.9 Å². The summed E-state index contributed by atoms with van der Waals surface area (Å²) in [6, 6.07) is 6.53. The minimum atomic E-state index is -3.00. The molecule has 1 aromatic heterocycles. The highest BCUT2D eigenvalue weighted by molar-refractivity contribution is 7.99. The summed E-state index contributed by atoms with van der Waals surface area (Å²) in [6.07, 6.45) is 0.659. The van der Waals surface area contributed by atoms with Crippen LogP contribution in [-0.2, 0) is 10.3 Å². The minimum absolute atomic E-state index is 0.0448. The number of ether oxygens (including phenoxy) is 2. The van der Waals surface area contributed by atoms with E-state index in [0.717, 1.165) is 6.20 Å². The Hall–Kier alpha value is -2.41. The van der Waals surface area contributed by atoms with E-state index >= 15 is 4.39 Å². The van der Waals surface area contributed by atoms with Gasteiger partial charge in [0.25, 0.3) is 5.91 Å². The number of aromatic nitrogens is 1. The molecule has 2 aromatic rings. The fourth-order valence-electron chi connectivity index (χ4n) is 4.43. The fourth-order valence-corrected chi connectivity index (χ4v) is 5.71. The van der Waals surface area contributed by atoms with Crippen molar-refractivity contribution in [3.05, 3.63) is 53.6 Å². The number of nitrogens with zero attached hydrogens (tertiary/aromatic N) is 2. The number of fused-ring (bicyclic) bond motifs is 1. The van der Waals surface area contributed by atoms with Gasteiger partial charge in [-0.1, -0.05) is 0 Å². The van der Waals surface area contributed by atoms with Gasteiger partial charge < -0.3 is 14.8 Å². The van der Waals surface area contributed by atoms with E-state index in [-0.39, 0.29) is 35.2 Å². The third-order valence-electron chi connectivity index (χ3n) is 5.95. The molecule has 4 rings (SSSR count). The number of nitrogens with one attached hydrogen (secondary N) is 1. The van der Waals surface area contributed by atoms with Gasteiger partial charge in [-0.25, -0.2) is 18.8 Å². The molecule has 3 N–H and O–H groups in total. The molecule has 0 aliphatic carbocycles. The quantitative estimate of drug-likeness (QED) is 0.477. The van der Waals surface area contributed by atoms with Crippen LogP contribution in [-0.4, -0.2) is 53.5 Å². The second kappa shape index (κ2) is 9.84. The number of hydrogen-bond acceptors (Lipinski definition) is 7. The number of carbonyl (C=O) groups excluding carboxylic acids is 1. The van der Waals surface area contributed by atoms with Gasteiger partial charge in [-0.05, 0) is 36.8 Å². The summed E-state index contributed by atoms with van der Waals surface area (Å²) < 4.78 is 63.2. The highest BCUT2D eigenvalue weighted by atomic mass is 32.2. The first kappa shape index (κ1) is 23.7. The maximum atomic E-state index is 15.1. The zero-order chi connectivity index (χ0) is 23.6. The molecule has 2 aliphatic heterocycles. The largest absolute Gasteiger partial charge is 0.433 e. The maximum absolute atomic E-state index is 15.1. The van der Waals surface area contributed by atoms with Crippen LogP contribution >= 0.6 is 11.8 Å². The van der Waals surface area contributed by atoms with E-state index in [1.807, 2.05) is 0 Å². The van der Waals surface area contributed by atoms with Gasteiger partial charge >= 0.3 is 6.61 Å². The lowest BCUT2D eigenvalue weighted by Gasteiger charge is -2.54. The Balaban J connectivity index is 1.61. The van der Waals surface area contributed by atoms with Crippen molar-refractivity contribution in [3.63, 3.8) is 0 Å². The molecule has 3 atom stereocenters. The average Bonchev–Trinajstić information content (AvgIpc) is 2.80. The van der Waals surface area contributed by atoms with Gasteiger partial charge in [0, 0.05) is 29.5 Å². The van der Waals surface area contributed by atoms with Gasteiger partial charge in [0.2, 0.25) is 0 Å². The first-order chi connectivity index (χ1) is 15.8. The number of benzene rings is 1. The van der Waals surface area contributed by atoms with Crippen molar-refractivity contribution in [1.82, 2.24) is 9.99 Å². The molecule has 12 heteroatoms. The second-order valence-electron chi connectivity index (χ2n) is 7.72. The van der Waals surface area contributed by atoms with Gasteiger partial charge in [0.05, 0.1) is 23.7 Å². The van der Waals surface area contributed by atoms with E-state index < -0.39 is 36.7 Å². The Morgan fingerprint density at radius 1 is 1.39 bits per heavy atom. The molecule has 2 aliphatic rings. The number of carbonyl (C=O) groups is 1. The summed E-state index contributed by atoms with van der Waals surface area (Å²) in [5, 5.41) is 4.16. The Bertz CT molecular complexity index is 1000. The monoisotopic (exact) mass is 486 g/mol. The van der Waals surface area contributed by atoms with E-state index in [1.165, 1.54) is 47.1 Å². The van der Waals surface area contributed by atoms with Crippen molar-refractivity contribution in [2.24, 2.45) is 11.8 Å². The van der Waals surface area contributed by atoms with Crippen molar-refractivity contribution in [2.75, 3.05) is 30.2 Å². The number of alkyl halides is 3. The smallest absolute Gasteiger partial charge is 0.387 e. The van der Waals surface area contributed by atoms with Crippen molar-refractivity contribution < 1.29 is 31.8 Å². The second-order valence-corrected chi connectivity index (χ2v) is 8.72. The lowest BCUT2D eigenvalue weighted by molar-refractivity contribution is -0.127. The van der Waals surface area contributed by atoms with Gasteiger partial charge in [-0.2, -0.15) is 8.78 Å². The Labute approximate surface area is 191 Å². The predicted octanol–water partition coefficient (Wildman–Crippen LogP) is 3.52. The molecular weight excluding hydrogens is 464 g/mol. The number of pyridine rings is 1. The zero-order valence-corrected chi connectivity index (χ0v) is 18.2. The lowest BCUT2D eigenvalue weighted by Crippen LogP contribution is -2.64. The number of nitrogens with two attached hydrogens (primary N) is 1. The molecule has 33 heavy (non-hydrogen) atoms. The molecule has 2 saturated heterocycles. The van der Waals surface area contributed by atoms with E-state index in [9.17, 15) is 18.0 Å². The van der Waals surface area contributed by atoms with Crippen LogP contribution in [0.5, 0.6) is 5.75 Å². The number of amides is 1. The van der Waals surface area contributed by atoms with Crippen LogP contribution in [0.2, 0.25) is 0 Å². The summed E-state index contributed by atoms with van der Waals surface area (Å²) in [5.41, 5.74) is -0.494. The van der Waals surface area contributed by atoms with E-state index in [2.05, 4.69) is 15.0 Å². The predicted molar refractivity (Wildman–Crippen MR) is 114 cm³/mol. The van der Waals surface area contributed by atoms with Crippen LogP contribution in [0.4, 0.5) is 23.2 Å². The van der Waals surface area contributed by atoms with Crippen LogP contribution in [0.25, 0.3) is 0 Å². The number of rotatable bonds is 6. The number of anilines is 1. The third-order valence-corrected chi connectivity index (χ3v) is 7.01. The van der Waals surface area contributed by atoms with Gasteiger partial charge in [-0.15, -0.1) is 11.8 Å². The summed E-state index contributed by atoms with van der Waals surface area (Å²) in [7, 11) is 0. The molecule has 0 saturated carbocycles. The molecule has 1 amide bonds. The Kier molecular flexibility index (Phi) is 7.07. The Morgan fingerprint density at radius 2 is 2.21 bits per heavy atom. The highest BCUT2D eigenvalue weighted by Gasteiger charge is 2.54. The van der Waals surface area contributed by atoms with Crippen LogP contribution in [0, 0.1) is 11.7 Å². The molecule has 1 aromatic carbocycles. The maximum Gasteiger partial charge on any atom is 0.387 e. The van der Waals surface area contributed by atoms with Crippen molar-refractivity contribution in [3.8, 4) is 5.75 Å². The average molecular weight is 486 g/mol. The van der Waals surface area contributed by atoms with Crippen molar-refractivity contribution in [1.29, 1.82) is 0 Å². The first-order valence-corrected chi connectivity index (χ1v) is 11.3. The normalized spacial score (nSPS) is 25.5. The van der Waals surface area contributed by atoms with E-state index in [1.54, 1.807) is 0 Å². The number of hydrogen-bond donors (Lipinski definition) is 2. The van der Waals surface area contributed by atoms with Crippen molar-refractivity contribution in [2.45, 2.75) is 24.7 Å². The van der Waals surface area contributed by atoms with Gasteiger partial charge in [0.15, 0.2) is 0 Å². The lowest BCUT2D eigenvalue weighted by atomic mass is 9.71.